The molecule has 1 aromatic heterocycles. The van der Waals surface area contributed by atoms with Gasteiger partial charge in [0.15, 0.2) is 6.61 Å². The van der Waals surface area contributed by atoms with Crippen LogP contribution in [0.5, 0.6) is 5.75 Å². The van der Waals surface area contributed by atoms with Crippen LogP contribution in [0.15, 0.2) is 30.5 Å². The summed E-state index contributed by atoms with van der Waals surface area (Å²) in [6, 6.07) is 7.20. The highest BCUT2D eigenvalue weighted by Crippen LogP contribution is 2.29. The number of amides is 1. The van der Waals surface area contributed by atoms with Gasteiger partial charge in [0.25, 0.3) is 5.91 Å². The molecular weight excluding hydrogens is 302 g/mol. The molecule has 2 aromatic rings. The number of nitrogens with two attached hydrogens (primary N) is 1. The molecule has 0 radical (unpaired) electrons. The van der Waals surface area contributed by atoms with Crippen molar-refractivity contribution in [2.24, 2.45) is 11.7 Å². The quantitative estimate of drug-likeness (QED) is 0.936. The number of rotatable bonds is 4. The summed E-state index contributed by atoms with van der Waals surface area (Å²) in [4.78, 5) is 18.3. The molecule has 116 valence electrons. The summed E-state index contributed by atoms with van der Waals surface area (Å²) in [7, 11) is 0. The summed E-state index contributed by atoms with van der Waals surface area (Å²) in [6.07, 6.45) is 2.65. The van der Waals surface area contributed by atoms with E-state index in [-0.39, 0.29) is 12.5 Å². The third kappa shape index (κ3) is 3.00. The molecule has 1 aliphatic heterocycles. The Kier molecular flexibility index (Phi) is 4.45. The maximum absolute atomic E-state index is 12.2. The molecule has 0 spiro atoms. The maximum atomic E-state index is 12.2. The fourth-order valence-electron chi connectivity index (χ4n) is 2.71. The number of hydrogen-bond donors (Lipinski definition) is 1. The minimum atomic E-state index is -0.0185. The molecule has 0 aliphatic carbocycles. The van der Waals surface area contributed by atoms with Gasteiger partial charge < -0.3 is 15.4 Å². The predicted octanol–water partition coefficient (Wildman–Crippen LogP) is 2.07. The van der Waals surface area contributed by atoms with Crippen LogP contribution in [0.4, 0.5) is 0 Å². The van der Waals surface area contributed by atoms with Crippen LogP contribution in [0.2, 0.25) is 5.02 Å². The summed E-state index contributed by atoms with van der Waals surface area (Å²) >= 11 is 6.14. The lowest BCUT2D eigenvalue weighted by molar-refractivity contribution is -0.132. The van der Waals surface area contributed by atoms with Gasteiger partial charge >= 0.3 is 0 Å². The standard InChI is InChI=1S/C16H18ClN3O2/c17-13-3-4-14(16-12(13)2-1-6-19-16)22-10-15(21)20-7-5-11(8-18)9-20/h1-4,6,11H,5,7-10,18H2. The molecule has 1 fully saturated rings. The van der Waals surface area contributed by atoms with Crippen LogP contribution < -0.4 is 10.5 Å². The lowest BCUT2D eigenvalue weighted by Crippen LogP contribution is -2.33. The molecule has 2 heterocycles. The number of likely N-dealkylation sites (tertiary alicyclic amines) is 1. The monoisotopic (exact) mass is 319 g/mol. The topological polar surface area (TPSA) is 68.5 Å². The SMILES string of the molecule is NCC1CCN(C(=O)COc2ccc(Cl)c3cccnc23)C1. The Morgan fingerprint density at radius 2 is 2.32 bits per heavy atom. The molecule has 5 nitrogen and oxygen atoms in total. The zero-order valence-electron chi connectivity index (χ0n) is 12.2. The maximum Gasteiger partial charge on any atom is 0.260 e. The third-order valence-electron chi connectivity index (χ3n) is 4.00. The molecule has 1 atom stereocenters. The predicted molar refractivity (Wildman–Crippen MR) is 86.0 cm³/mol. The Labute approximate surface area is 134 Å². The van der Waals surface area contributed by atoms with Gasteiger partial charge in [0.1, 0.15) is 11.3 Å². The molecule has 0 saturated carbocycles. The van der Waals surface area contributed by atoms with Crippen molar-refractivity contribution in [1.82, 2.24) is 9.88 Å². The summed E-state index contributed by atoms with van der Waals surface area (Å²) in [5.41, 5.74) is 6.32. The van der Waals surface area contributed by atoms with Gasteiger partial charge in [-0.2, -0.15) is 0 Å². The van der Waals surface area contributed by atoms with Crippen molar-refractivity contribution in [3.05, 3.63) is 35.5 Å². The second kappa shape index (κ2) is 6.50. The fraction of sp³-hybridized carbons (Fsp3) is 0.375. The van der Waals surface area contributed by atoms with Crippen molar-refractivity contribution < 1.29 is 9.53 Å². The number of nitrogens with zero attached hydrogens (tertiary/aromatic N) is 2. The smallest absolute Gasteiger partial charge is 0.260 e. The lowest BCUT2D eigenvalue weighted by atomic mass is 10.1. The van der Waals surface area contributed by atoms with Gasteiger partial charge in [0, 0.05) is 24.7 Å². The number of fused-ring (bicyclic) bond motifs is 1. The number of ether oxygens (including phenoxy) is 1. The number of carbonyl (C=O) groups is 1. The number of aromatic nitrogens is 1. The van der Waals surface area contributed by atoms with Crippen molar-refractivity contribution in [3.63, 3.8) is 0 Å². The van der Waals surface area contributed by atoms with Gasteiger partial charge in [0.05, 0.1) is 5.02 Å². The molecule has 1 saturated heterocycles. The molecule has 1 unspecified atom stereocenters. The van der Waals surface area contributed by atoms with Crippen LogP contribution >= 0.6 is 11.6 Å². The second-order valence-corrected chi connectivity index (χ2v) is 5.87. The Bertz CT molecular complexity index is 692. The van der Waals surface area contributed by atoms with Crippen LogP contribution in [0.25, 0.3) is 10.9 Å². The number of carbonyl (C=O) groups excluding carboxylic acids is 1. The van der Waals surface area contributed by atoms with Crippen LogP contribution in [-0.2, 0) is 4.79 Å². The average molecular weight is 320 g/mol. The Morgan fingerprint density at radius 3 is 3.09 bits per heavy atom. The average Bonchev–Trinajstić information content (AvgIpc) is 3.03. The number of pyridine rings is 1. The minimum Gasteiger partial charge on any atom is -0.481 e. The van der Waals surface area contributed by atoms with Crippen LogP contribution in [0, 0.1) is 5.92 Å². The second-order valence-electron chi connectivity index (χ2n) is 5.46. The van der Waals surface area contributed by atoms with Crippen molar-refractivity contribution in [2.75, 3.05) is 26.2 Å². The van der Waals surface area contributed by atoms with Crippen LogP contribution in [-0.4, -0.2) is 42.0 Å². The Balaban J connectivity index is 1.69. The highest BCUT2D eigenvalue weighted by Gasteiger charge is 2.25. The lowest BCUT2D eigenvalue weighted by Gasteiger charge is -2.17. The van der Waals surface area contributed by atoms with Gasteiger partial charge in [-0.25, -0.2) is 0 Å². The molecule has 6 heteroatoms. The van der Waals surface area contributed by atoms with Gasteiger partial charge in [-0.1, -0.05) is 11.6 Å². The molecular formula is C16H18ClN3O2. The summed E-state index contributed by atoms with van der Waals surface area (Å²) < 4.78 is 5.67. The fourth-order valence-corrected chi connectivity index (χ4v) is 2.93. The highest BCUT2D eigenvalue weighted by atomic mass is 35.5. The van der Waals surface area contributed by atoms with Crippen LogP contribution in [0.3, 0.4) is 0 Å². The van der Waals surface area contributed by atoms with Gasteiger partial charge in [-0.3, -0.25) is 9.78 Å². The van der Waals surface area contributed by atoms with E-state index < -0.39 is 0 Å². The summed E-state index contributed by atoms with van der Waals surface area (Å²) in [5, 5.41) is 1.44. The molecule has 1 amide bonds. The van der Waals surface area contributed by atoms with E-state index in [9.17, 15) is 4.79 Å². The van der Waals surface area contributed by atoms with E-state index in [1.54, 1.807) is 18.3 Å². The number of halogens is 1. The van der Waals surface area contributed by atoms with Crippen molar-refractivity contribution in [1.29, 1.82) is 0 Å². The molecule has 1 aromatic carbocycles. The van der Waals surface area contributed by atoms with Crippen molar-refractivity contribution in [2.45, 2.75) is 6.42 Å². The van der Waals surface area contributed by atoms with E-state index >= 15 is 0 Å². The zero-order valence-corrected chi connectivity index (χ0v) is 12.9. The first-order chi connectivity index (χ1) is 10.7. The van der Waals surface area contributed by atoms with Crippen molar-refractivity contribution >= 4 is 28.4 Å². The van der Waals surface area contributed by atoms with Crippen LogP contribution in [0.1, 0.15) is 6.42 Å². The highest BCUT2D eigenvalue weighted by molar-refractivity contribution is 6.35. The van der Waals surface area contributed by atoms with E-state index in [4.69, 9.17) is 22.1 Å². The number of benzene rings is 1. The van der Waals surface area contributed by atoms with Gasteiger partial charge in [-0.05, 0) is 43.1 Å². The molecule has 3 rings (SSSR count). The van der Waals surface area contributed by atoms with E-state index in [1.165, 1.54) is 0 Å². The number of hydrogen-bond acceptors (Lipinski definition) is 4. The summed E-state index contributed by atoms with van der Waals surface area (Å²) in [5.74, 6) is 0.958. The molecule has 1 aliphatic rings. The first kappa shape index (κ1) is 15.1. The van der Waals surface area contributed by atoms with E-state index in [0.717, 1.165) is 24.9 Å². The molecule has 2 N–H and O–H groups in total. The van der Waals surface area contributed by atoms with E-state index in [2.05, 4.69) is 4.98 Å². The summed E-state index contributed by atoms with van der Waals surface area (Å²) in [6.45, 7) is 2.10. The normalized spacial score (nSPS) is 17.9. The van der Waals surface area contributed by atoms with E-state index in [1.807, 2.05) is 17.0 Å². The third-order valence-corrected chi connectivity index (χ3v) is 4.33. The largest absolute Gasteiger partial charge is 0.481 e. The first-order valence-corrected chi connectivity index (χ1v) is 7.70. The van der Waals surface area contributed by atoms with Crippen molar-refractivity contribution in [3.8, 4) is 5.75 Å². The van der Waals surface area contributed by atoms with Gasteiger partial charge in [0.2, 0.25) is 0 Å². The first-order valence-electron chi connectivity index (χ1n) is 7.33. The van der Waals surface area contributed by atoms with E-state index in [0.29, 0.717) is 28.8 Å². The Morgan fingerprint density at radius 1 is 1.45 bits per heavy atom. The molecule has 22 heavy (non-hydrogen) atoms. The molecule has 0 bridgehead atoms. The van der Waals surface area contributed by atoms with Gasteiger partial charge in [-0.15, -0.1) is 0 Å². The zero-order chi connectivity index (χ0) is 15.5. The Hall–Kier alpha value is -1.85. The minimum absolute atomic E-state index is 0.00456.